The standard InChI is InChI=1S/C4H8N4S/c1-8(7-3-5)4(6)9-2/h6-7H,1-2H3. The van der Waals surface area contributed by atoms with Crippen LogP contribution in [-0.4, -0.2) is 23.5 Å². The second-order valence-corrected chi connectivity index (χ2v) is 2.09. The Labute approximate surface area is 58.3 Å². The third-order valence-corrected chi connectivity index (χ3v) is 1.38. The van der Waals surface area contributed by atoms with E-state index in [9.17, 15) is 0 Å². The van der Waals surface area contributed by atoms with Gasteiger partial charge in [0.05, 0.1) is 0 Å². The van der Waals surface area contributed by atoms with Crippen molar-refractivity contribution in [2.75, 3.05) is 13.3 Å². The van der Waals surface area contributed by atoms with Gasteiger partial charge in [0.15, 0.2) is 11.4 Å². The molecule has 0 aromatic rings. The Bertz CT molecular complexity index is 138. The Morgan fingerprint density at radius 1 is 1.89 bits per heavy atom. The van der Waals surface area contributed by atoms with E-state index in [1.807, 2.05) is 0 Å². The van der Waals surface area contributed by atoms with Gasteiger partial charge in [0, 0.05) is 7.05 Å². The van der Waals surface area contributed by atoms with Crippen LogP contribution >= 0.6 is 11.8 Å². The number of rotatable bonds is 1. The summed E-state index contributed by atoms with van der Waals surface area (Å²) in [6.07, 6.45) is 3.48. The minimum absolute atomic E-state index is 0.316. The second-order valence-electron chi connectivity index (χ2n) is 1.29. The van der Waals surface area contributed by atoms with Gasteiger partial charge in [0.1, 0.15) is 0 Å². The summed E-state index contributed by atoms with van der Waals surface area (Å²) in [5.74, 6) is 0. The van der Waals surface area contributed by atoms with Crippen molar-refractivity contribution in [3.05, 3.63) is 0 Å². The maximum absolute atomic E-state index is 8.07. The van der Waals surface area contributed by atoms with Crippen molar-refractivity contribution < 1.29 is 0 Å². The molecule has 0 amide bonds. The van der Waals surface area contributed by atoms with E-state index in [1.165, 1.54) is 16.8 Å². The first kappa shape index (κ1) is 8.11. The van der Waals surface area contributed by atoms with Crippen LogP contribution in [0, 0.1) is 16.9 Å². The minimum Gasteiger partial charge on any atom is -0.277 e. The molecule has 0 saturated heterocycles. The van der Waals surface area contributed by atoms with Gasteiger partial charge >= 0.3 is 0 Å². The maximum Gasteiger partial charge on any atom is 0.197 e. The van der Waals surface area contributed by atoms with Gasteiger partial charge < -0.3 is 0 Å². The van der Waals surface area contributed by atoms with Crippen LogP contribution in [0.15, 0.2) is 0 Å². The van der Waals surface area contributed by atoms with Crippen molar-refractivity contribution in [1.29, 1.82) is 10.7 Å². The number of nitrogens with one attached hydrogen (secondary N) is 2. The van der Waals surface area contributed by atoms with Crippen LogP contribution in [0.5, 0.6) is 0 Å². The van der Waals surface area contributed by atoms with Crippen molar-refractivity contribution in [2.24, 2.45) is 0 Å². The highest BCUT2D eigenvalue weighted by Crippen LogP contribution is 1.95. The summed E-state index contributed by atoms with van der Waals surface area (Å²) in [6, 6.07) is 0. The lowest BCUT2D eigenvalue weighted by Crippen LogP contribution is -2.33. The van der Waals surface area contributed by atoms with E-state index in [2.05, 4.69) is 5.43 Å². The van der Waals surface area contributed by atoms with E-state index >= 15 is 0 Å². The number of nitrogens with zero attached hydrogens (tertiary/aromatic N) is 2. The van der Waals surface area contributed by atoms with Crippen LogP contribution in [0.4, 0.5) is 0 Å². The highest BCUT2D eigenvalue weighted by molar-refractivity contribution is 8.13. The third-order valence-electron chi connectivity index (χ3n) is 0.716. The SMILES string of the molecule is CSC(=N)N(C)NC#N. The van der Waals surface area contributed by atoms with Crippen LogP contribution in [-0.2, 0) is 0 Å². The van der Waals surface area contributed by atoms with Crippen molar-refractivity contribution in [2.45, 2.75) is 0 Å². The molecule has 0 bridgehead atoms. The largest absolute Gasteiger partial charge is 0.277 e. The van der Waals surface area contributed by atoms with Gasteiger partial charge in [-0.1, -0.05) is 11.8 Å². The summed E-state index contributed by atoms with van der Waals surface area (Å²) in [4.78, 5) is 0. The van der Waals surface area contributed by atoms with E-state index in [0.717, 1.165) is 0 Å². The molecule has 0 saturated carbocycles. The van der Waals surface area contributed by atoms with Crippen molar-refractivity contribution >= 4 is 16.9 Å². The Kier molecular flexibility index (Phi) is 3.64. The number of hydrazine groups is 1. The van der Waals surface area contributed by atoms with E-state index in [-0.39, 0.29) is 0 Å². The van der Waals surface area contributed by atoms with Gasteiger partial charge in [0.2, 0.25) is 0 Å². The Balaban J connectivity index is 3.62. The molecule has 0 spiro atoms. The van der Waals surface area contributed by atoms with Gasteiger partial charge in [0.25, 0.3) is 0 Å². The summed E-state index contributed by atoms with van der Waals surface area (Å²) in [5, 5.41) is 16.8. The fourth-order valence-electron chi connectivity index (χ4n) is 0.263. The van der Waals surface area contributed by atoms with Gasteiger partial charge in [-0.2, -0.15) is 5.26 Å². The summed E-state index contributed by atoms with van der Waals surface area (Å²) in [5.41, 5.74) is 2.29. The van der Waals surface area contributed by atoms with Gasteiger partial charge in [-0.05, 0) is 6.26 Å². The van der Waals surface area contributed by atoms with E-state index in [4.69, 9.17) is 10.7 Å². The molecule has 5 heteroatoms. The van der Waals surface area contributed by atoms with Crippen molar-refractivity contribution in [3.63, 3.8) is 0 Å². The molecule has 0 aliphatic carbocycles. The number of nitriles is 1. The number of amidine groups is 1. The monoisotopic (exact) mass is 144 g/mol. The molecular formula is C4H8N4S. The molecule has 0 heterocycles. The van der Waals surface area contributed by atoms with Crippen LogP contribution in [0.3, 0.4) is 0 Å². The average Bonchev–Trinajstić information content (AvgIpc) is 1.87. The molecule has 50 valence electrons. The summed E-state index contributed by atoms with van der Waals surface area (Å²) in [6.45, 7) is 0. The zero-order valence-corrected chi connectivity index (χ0v) is 6.12. The maximum atomic E-state index is 8.07. The third kappa shape index (κ3) is 2.82. The lowest BCUT2D eigenvalue weighted by molar-refractivity contribution is 0.449. The lowest BCUT2D eigenvalue weighted by atomic mass is 11.1. The Morgan fingerprint density at radius 2 is 2.44 bits per heavy atom. The fraction of sp³-hybridized carbons (Fsp3) is 0.500. The van der Waals surface area contributed by atoms with Gasteiger partial charge in [-0.15, -0.1) is 0 Å². The molecular weight excluding hydrogens is 136 g/mol. The molecule has 0 rings (SSSR count). The molecule has 0 fully saturated rings. The molecule has 0 aromatic heterocycles. The van der Waals surface area contributed by atoms with Crippen LogP contribution in [0.25, 0.3) is 0 Å². The molecule has 4 nitrogen and oxygen atoms in total. The van der Waals surface area contributed by atoms with Gasteiger partial charge in [-0.25, -0.2) is 5.43 Å². The smallest absolute Gasteiger partial charge is 0.197 e. The summed E-state index contributed by atoms with van der Waals surface area (Å²) >= 11 is 1.27. The highest BCUT2D eigenvalue weighted by atomic mass is 32.2. The number of hydrogen-bond donors (Lipinski definition) is 2. The highest BCUT2D eigenvalue weighted by Gasteiger charge is 1.97. The molecule has 0 aliphatic rings. The van der Waals surface area contributed by atoms with Gasteiger partial charge in [-0.3, -0.25) is 10.4 Å². The first-order chi connectivity index (χ1) is 4.22. The predicted octanol–water partition coefficient (Wildman–Crippen LogP) is 0.202. The Morgan fingerprint density at radius 3 is 2.78 bits per heavy atom. The lowest BCUT2D eigenvalue weighted by Gasteiger charge is -2.13. The quantitative estimate of drug-likeness (QED) is 0.181. The molecule has 0 aliphatic heterocycles. The fourth-order valence-corrected chi connectivity index (χ4v) is 0.582. The van der Waals surface area contributed by atoms with E-state index < -0.39 is 0 Å². The predicted molar refractivity (Wildman–Crippen MR) is 37.8 cm³/mol. The first-order valence-corrected chi connectivity index (χ1v) is 3.46. The minimum atomic E-state index is 0.316. The van der Waals surface area contributed by atoms with Crippen LogP contribution in [0.1, 0.15) is 0 Å². The van der Waals surface area contributed by atoms with Crippen LogP contribution < -0.4 is 5.43 Å². The zero-order chi connectivity index (χ0) is 7.28. The molecule has 0 radical (unpaired) electrons. The second kappa shape index (κ2) is 4.04. The molecule has 0 atom stereocenters. The topological polar surface area (TPSA) is 62.9 Å². The first-order valence-electron chi connectivity index (χ1n) is 2.23. The summed E-state index contributed by atoms with van der Waals surface area (Å²) in [7, 11) is 1.61. The molecule has 0 unspecified atom stereocenters. The average molecular weight is 144 g/mol. The molecule has 9 heavy (non-hydrogen) atoms. The van der Waals surface area contributed by atoms with E-state index in [0.29, 0.717) is 5.17 Å². The normalized spacial score (nSPS) is 7.67. The summed E-state index contributed by atoms with van der Waals surface area (Å²) < 4.78 is 0. The van der Waals surface area contributed by atoms with Crippen LogP contribution in [0.2, 0.25) is 0 Å². The number of thioether (sulfide) groups is 1. The van der Waals surface area contributed by atoms with Crippen molar-refractivity contribution in [3.8, 4) is 6.19 Å². The zero-order valence-electron chi connectivity index (χ0n) is 5.30. The van der Waals surface area contributed by atoms with E-state index in [1.54, 1.807) is 19.5 Å². The molecule has 2 N–H and O–H groups in total. The molecule has 0 aromatic carbocycles. The Hall–Kier alpha value is -0.890. The van der Waals surface area contributed by atoms with Crippen molar-refractivity contribution in [1.82, 2.24) is 10.4 Å². The number of hydrogen-bond acceptors (Lipinski definition) is 4.